The number of aryl methyl sites for hydroxylation is 1. The van der Waals surface area contributed by atoms with Crippen LogP contribution in [0.15, 0.2) is 48.8 Å². The standard InChI is InChI=1S/C21H19N3O2S/c1-12-22-8-9-24(12)20-7-6-19(27-20)13-2-4-15-16-5-3-14(21(25)26)11-18(16)23-17(15)10-13/h2-5,8-11,19-20,23H,6-7H2,1H3,(H,25,26). The number of carboxylic acid groups (broad SMARTS) is 1. The van der Waals surface area contributed by atoms with Crippen LogP contribution in [-0.4, -0.2) is 25.6 Å². The summed E-state index contributed by atoms with van der Waals surface area (Å²) in [5.41, 5.74) is 3.55. The predicted molar refractivity (Wildman–Crippen MR) is 108 cm³/mol. The van der Waals surface area contributed by atoms with Gasteiger partial charge in [0.25, 0.3) is 0 Å². The molecule has 136 valence electrons. The van der Waals surface area contributed by atoms with Gasteiger partial charge in [-0.05, 0) is 43.5 Å². The molecule has 0 aliphatic carbocycles. The molecular weight excluding hydrogens is 358 g/mol. The Kier molecular flexibility index (Phi) is 3.75. The number of aromatic amines is 1. The summed E-state index contributed by atoms with van der Waals surface area (Å²) < 4.78 is 2.26. The van der Waals surface area contributed by atoms with Crippen LogP contribution in [0.5, 0.6) is 0 Å². The van der Waals surface area contributed by atoms with Gasteiger partial charge in [-0.1, -0.05) is 18.2 Å². The molecule has 1 aliphatic rings. The van der Waals surface area contributed by atoms with Crippen molar-refractivity contribution < 1.29 is 9.90 Å². The Morgan fingerprint density at radius 3 is 2.70 bits per heavy atom. The third-order valence-corrected chi connectivity index (χ3v) is 7.02. The molecule has 3 heterocycles. The molecule has 1 fully saturated rings. The predicted octanol–water partition coefficient (Wildman–Crippen LogP) is 5.29. The van der Waals surface area contributed by atoms with Crippen LogP contribution in [0.1, 0.15) is 45.2 Å². The van der Waals surface area contributed by atoms with Crippen LogP contribution in [-0.2, 0) is 0 Å². The minimum absolute atomic E-state index is 0.305. The van der Waals surface area contributed by atoms with Crippen molar-refractivity contribution in [1.82, 2.24) is 14.5 Å². The van der Waals surface area contributed by atoms with E-state index in [9.17, 15) is 9.90 Å². The lowest BCUT2D eigenvalue weighted by atomic mass is 10.0. The maximum Gasteiger partial charge on any atom is 0.335 e. The Morgan fingerprint density at radius 2 is 1.96 bits per heavy atom. The molecule has 2 unspecified atom stereocenters. The first kappa shape index (κ1) is 16.4. The van der Waals surface area contributed by atoms with E-state index < -0.39 is 5.97 Å². The zero-order valence-electron chi connectivity index (χ0n) is 14.8. The van der Waals surface area contributed by atoms with Gasteiger partial charge in [0.05, 0.1) is 10.9 Å². The molecule has 0 bridgehead atoms. The number of nitrogens with one attached hydrogen (secondary N) is 1. The van der Waals surface area contributed by atoms with Gasteiger partial charge >= 0.3 is 5.97 Å². The van der Waals surface area contributed by atoms with Gasteiger partial charge < -0.3 is 14.7 Å². The van der Waals surface area contributed by atoms with Crippen molar-refractivity contribution in [2.24, 2.45) is 0 Å². The fourth-order valence-electron chi connectivity index (χ4n) is 4.02. The number of H-pyrrole nitrogens is 1. The number of fused-ring (bicyclic) bond motifs is 3. The normalized spacial score (nSPS) is 19.9. The molecular formula is C21H19N3O2S. The number of nitrogens with zero attached hydrogens (tertiary/aromatic N) is 2. The molecule has 2 aromatic heterocycles. The third-order valence-electron chi connectivity index (χ3n) is 5.41. The maximum atomic E-state index is 11.2. The van der Waals surface area contributed by atoms with E-state index in [2.05, 4.69) is 45.9 Å². The van der Waals surface area contributed by atoms with Crippen molar-refractivity contribution in [1.29, 1.82) is 0 Å². The van der Waals surface area contributed by atoms with Crippen LogP contribution in [0.4, 0.5) is 0 Å². The van der Waals surface area contributed by atoms with E-state index in [0.717, 1.165) is 40.5 Å². The number of imidazole rings is 1. The molecule has 2 atom stereocenters. The van der Waals surface area contributed by atoms with Crippen LogP contribution in [0, 0.1) is 6.92 Å². The lowest BCUT2D eigenvalue weighted by Gasteiger charge is -2.14. The van der Waals surface area contributed by atoms with Crippen LogP contribution < -0.4 is 0 Å². The average molecular weight is 377 g/mol. The first-order chi connectivity index (χ1) is 13.1. The van der Waals surface area contributed by atoms with E-state index in [1.807, 2.05) is 24.0 Å². The molecule has 0 saturated carbocycles. The highest BCUT2D eigenvalue weighted by molar-refractivity contribution is 7.99. The topological polar surface area (TPSA) is 70.9 Å². The van der Waals surface area contributed by atoms with E-state index in [0.29, 0.717) is 16.2 Å². The molecule has 4 aromatic rings. The summed E-state index contributed by atoms with van der Waals surface area (Å²) in [5, 5.41) is 12.3. The number of aromatic carboxylic acids is 1. The van der Waals surface area contributed by atoms with Crippen molar-refractivity contribution in [3.63, 3.8) is 0 Å². The molecule has 2 N–H and O–H groups in total. The van der Waals surface area contributed by atoms with Crippen LogP contribution in [0.3, 0.4) is 0 Å². The molecule has 0 amide bonds. The van der Waals surface area contributed by atoms with Gasteiger partial charge in [0.2, 0.25) is 0 Å². The lowest BCUT2D eigenvalue weighted by Crippen LogP contribution is -2.02. The van der Waals surface area contributed by atoms with Crippen LogP contribution in [0.25, 0.3) is 21.8 Å². The van der Waals surface area contributed by atoms with Crippen molar-refractivity contribution in [3.8, 4) is 0 Å². The highest BCUT2D eigenvalue weighted by Crippen LogP contribution is 2.51. The SMILES string of the molecule is Cc1nccn1C1CCC(c2ccc3c(c2)[nH]c2cc(C(=O)O)ccc23)S1. The molecule has 0 spiro atoms. The summed E-state index contributed by atoms with van der Waals surface area (Å²) >= 11 is 1.99. The third kappa shape index (κ3) is 2.72. The van der Waals surface area contributed by atoms with Crippen molar-refractivity contribution in [2.45, 2.75) is 30.4 Å². The van der Waals surface area contributed by atoms with Crippen molar-refractivity contribution in [3.05, 3.63) is 65.7 Å². The molecule has 1 aliphatic heterocycles. The van der Waals surface area contributed by atoms with E-state index in [-0.39, 0.29) is 0 Å². The van der Waals surface area contributed by atoms with E-state index in [4.69, 9.17) is 0 Å². The van der Waals surface area contributed by atoms with Gasteiger partial charge in [-0.2, -0.15) is 0 Å². The van der Waals surface area contributed by atoms with E-state index in [1.165, 1.54) is 5.56 Å². The summed E-state index contributed by atoms with van der Waals surface area (Å²) in [6, 6.07) is 11.8. The van der Waals surface area contributed by atoms with Crippen molar-refractivity contribution in [2.75, 3.05) is 0 Å². The highest BCUT2D eigenvalue weighted by Gasteiger charge is 2.28. The number of benzene rings is 2. The summed E-state index contributed by atoms with van der Waals surface area (Å²) in [6.45, 7) is 2.05. The summed E-state index contributed by atoms with van der Waals surface area (Å²) in [4.78, 5) is 19.0. The zero-order valence-corrected chi connectivity index (χ0v) is 15.7. The Balaban J connectivity index is 1.48. The number of thioether (sulfide) groups is 1. The fourth-order valence-corrected chi connectivity index (χ4v) is 5.60. The maximum absolute atomic E-state index is 11.2. The fraction of sp³-hybridized carbons (Fsp3) is 0.238. The molecule has 27 heavy (non-hydrogen) atoms. The van der Waals surface area contributed by atoms with Gasteiger partial charge in [0, 0.05) is 39.4 Å². The minimum atomic E-state index is -0.903. The number of carbonyl (C=O) groups is 1. The molecule has 0 radical (unpaired) electrons. The van der Waals surface area contributed by atoms with Gasteiger partial charge in [0.1, 0.15) is 5.82 Å². The summed E-state index contributed by atoms with van der Waals surface area (Å²) in [7, 11) is 0. The van der Waals surface area contributed by atoms with E-state index >= 15 is 0 Å². The van der Waals surface area contributed by atoms with Crippen LogP contribution in [0.2, 0.25) is 0 Å². The van der Waals surface area contributed by atoms with Gasteiger partial charge in [-0.25, -0.2) is 9.78 Å². The number of rotatable bonds is 3. The monoisotopic (exact) mass is 377 g/mol. The molecule has 2 aromatic carbocycles. The number of aromatic nitrogens is 3. The molecule has 5 rings (SSSR count). The number of hydrogen-bond acceptors (Lipinski definition) is 3. The second-order valence-electron chi connectivity index (χ2n) is 7.03. The van der Waals surface area contributed by atoms with Gasteiger partial charge in [-0.3, -0.25) is 0 Å². The highest BCUT2D eigenvalue weighted by atomic mass is 32.2. The smallest absolute Gasteiger partial charge is 0.335 e. The number of hydrogen-bond donors (Lipinski definition) is 2. The molecule has 1 saturated heterocycles. The van der Waals surface area contributed by atoms with Crippen LogP contribution >= 0.6 is 11.8 Å². The Bertz CT molecular complexity index is 1180. The first-order valence-electron chi connectivity index (χ1n) is 9.04. The second kappa shape index (κ2) is 6.16. The molecule has 6 heteroatoms. The quantitative estimate of drug-likeness (QED) is 0.509. The second-order valence-corrected chi connectivity index (χ2v) is 8.42. The largest absolute Gasteiger partial charge is 0.478 e. The van der Waals surface area contributed by atoms with E-state index in [1.54, 1.807) is 12.1 Å². The minimum Gasteiger partial charge on any atom is -0.478 e. The zero-order chi connectivity index (χ0) is 18.5. The lowest BCUT2D eigenvalue weighted by molar-refractivity contribution is 0.0697. The Morgan fingerprint density at radius 1 is 1.19 bits per heavy atom. The number of carboxylic acids is 1. The Labute approximate surface area is 160 Å². The molecule has 5 nitrogen and oxygen atoms in total. The van der Waals surface area contributed by atoms with Crippen molar-refractivity contribution >= 4 is 39.5 Å². The van der Waals surface area contributed by atoms with Gasteiger partial charge in [-0.15, -0.1) is 11.8 Å². The average Bonchev–Trinajstić information content (AvgIpc) is 3.37. The van der Waals surface area contributed by atoms with Gasteiger partial charge in [0.15, 0.2) is 0 Å². The summed E-state index contributed by atoms with van der Waals surface area (Å²) in [5.74, 6) is 0.160. The summed E-state index contributed by atoms with van der Waals surface area (Å²) in [6.07, 6.45) is 6.21. The first-order valence-corrected chi connectivity index (χ1v) is 9.98. The Hall–Kier alpha value is -2.73.